The number of ether oxygens (including phenoxy) is 2. The zero-order valence-corrected chi connectivity index (χ0v) is 21.9. The van der Waals surface area contributed by atoms with Crippen LogP contribution in [0, 0.1) is 5.82 Å². The van der Waals surface area contributed by atoms with E-state index in [1.54, 1.807) is 6.07 Å². The molecule has 1 fully saturated rings. The van der Waals surface area contributed by atoms with E-state index in [4.69, 9.17) is 9.47 Å². The fraction of sp³-hybridized carbons (Fsp3) is 0.333. The lowest BCUT2D eigenvalue weighted by atomic mass is 10.0. The number of piperidine rings is 1. The number of benzene rings is 2. The van der Waals surface area contributed by atoms with Crippen molar-refractivity contribution >= 4 is 23.3 Å². The number of anilines is 2. The van der Waals surface area contributed by atoms with Crippen LogP contribution >= 0.6 is 0 Å². The molecule has 212 valence electrons. The van der Waals surface area contributed by atoms with Gasteiger partial charge < -0.3 is 25.0 Å². The van der Waals surface area contributed by atoms with Crippen molar-refractivity contribution in [1.82, 2.24) is 20.2 Å². The van der Waals surface area contributed by atoms with Crippen molar-refractivity contribution in [3.63, 3.8) is 0 Å². The minimum Gasteiger partial charge on any atom is -0.495 e. The Labute approximate surface area is 227 Å². The maximum atomic E-state index is 15.0. The number of hydrogen-bond acceptors (Lipinski definition) is 8. The predicted molar refractivity (Wildman–Crippen MR) is 138 cm³/mol. The molecule has 1 saturated heterocycles. The second-order valence-electron chi connectivity index (χ2n) is 9.27. The van der Waals surface area contributed by atoms with Gasteiger partial charge in [0.25, 0.3) is 5.91 Å². The van der Waals surface area contributed by atoms with E-state index in [0.29, 0.717) is 6.20 Å². The van der Waals surface area contributed by atoms with Crippen LogP contribution in [0.15, 0.2) is 42.6 Å². The number of carbonyl (C=O) groups is 2. The maximum absolute atomic E-state index is 15.0. The minimum absolute atomic E-state index is 0.0304. The highest BCUT2D eigenvalue weighted by Gasteiger charge is 2.37. The number of ketones is 1. The molecule has 1 aliphatic heterocycles. The Balaban J connectivity index is 1.62. The number of rotatable bonds is 8. The summed E-state index contributed by atoms with van der Waals surface area (Å²) < 4.78 is 66.8. The van der Waals surface area contributed by atoms with Gasteiger partial charge in [-0.3, -0.25) is 9.59 Å². The predicted octanol–water partition coefficient (Wildman–Crippen LogP) is 5.21. The Kier molecular flexibility index (Phi) is 8.52. The number of amides is 1. The second kappa shape index (κ2) is 11.9. The van der Waals surface area contributed by atoms with Crippen molar-refractivity contribution in [2.45, 2.75) is 32.0 Å². The third-order valence-corrected chi connectivity index (χ3v) is 6.37. The fourth-order valence-electron chi connectivity index (χ4n) is 4.18. The van der Waals surface area contributed by atoms with Crippen LogP contribution in [0.2, 0.25) is 0 Å². The highest BCUT2D eigenvalue weighted by molar-refractivity contribution is 5.97. The number of para-hydroxylation sites is 1. The molecule has 0 bridgehead atoms. The third-order valence-electron chi connectivity index (χ3n) is 6.37. The summed E-state index contributed by atoms with van der Waals surface area (Å²) in [6, 6.07) is 7.83. The van der Waals surface area contributed by atoms with Crippen LogP contribution in [0.1, 0.15) is 46.0 Å². The lowest BCUT2D eigenvalue weighted by Gasteiger charge is -2.29. The molecule has 9 nitrogen and oxygen atoms in total. The van der Waals surface area contributed by atoms with E-state index in [-0.39, 0.29) is 40.3 Å². The molecule has 2 heterocycles. The molecule has 0 saturated carbocycles. The number of alkyl halides is 3. The van der Waals surface area contributed by atoms with Gasteiger partial charge in [-0.25, -0.2) is 9.37 Å². The van der Waals surface area contributed by atoms with Gasteiger partial charge in [-0.15, -0.1) is 0 Å². The number of carbonyl (C=O) groups excluding carboxylic acids is 2. The Morgan fingerprint density at radius 3 is 2.42 bits per heavy atom. The van der Waals surface area contributed by atoms with E-state index in [0.717, 1.165) is 32.0 Å². The van der Waals surface area contributed by atoms with E-state index < -0.39 is 35.1 Å². The quantitative estimate of drug-likeness (QED) is 0.286. The van der Waals surface area contributed by atoms with Crippen LogP contribution < -0.4 is 20.1 Å². The van der Waals surface area contributed by atoms with Crippen LogP contribution in [0.3, 0.4) is 0 Å². The van der Waals surface area contributed by atoms with Gasteiger partial charge >= 0.3 is 6.18 Å². The Morgan fingerprint density at radius 2 is 1.77 bits per heavy atom. The standard InChI is InChI=1S/C27H27F4N5O4/c1-15(37)17-6-4-5-7-22(17)40-25-19(27(29,30)31)14-32-26(35-25)34-21-13-20(28)18(12-23(21)39-3)24(38)33-16-8-10-36(2)11-9-16/h4-7,12-14,16H,8-11H2,1-3H3,(H,33,38)(H,32,34,35). The molecule has 1 amide bonds. The van der Waals surface area contributed by atoms with Crippen LogP contribution in [-0.2, 0) is 6.18 Å². The number of halogens is 4. The summed E-state index contributed by atoms with van der Waals surface area (Å²) in [6.07, 6.45) is -2.90. The smallest absolute Gasteiger partial charge is 0.423 e. The average molecular weight is 562 g/mol. The second-order valence-corrected chi connectivity index (χ2v) is 9.27. The SMILES string of the molecule is COc1cc(C(=O)NC2CCN(C)CC2)c(F)cc1Nc1ncc(C(F)(F)F)c(Oc2ccccc2C(C)=O)n1. The van der Waals surface area contributed by atoms with Crippen LogP contribution in [0.5, 0.6) is 17.4 Å². The summed E-state index contributed by atoms with van der Waals surface area (Å²) in [7, 11) is 3.27. The van der Waals surface area contributed by atoms with Crippen LogP contribution in [0.25, 0.3) is 0 Å². The summed E-state index contributed by atoms with van der Waals surface area (Å²) in [5, 5.41) is 5.45. The minimum atomic E-state index is -4.87. The van der Waals surface area contributed by atoms with Crippen molar-refractivity contribution in [2.75, 3.05) is 32.6 Å². The first-order chi connectivity index (χ1) is 19.0. The highest BCUT2D eigenvalue weighted by Crippen LogP contribution is 2.38. The molecular formula is C27H27F4N5O4. The molecule has 2 N–H and O–H groups in total. The van der Waals surface area contributed by atoms with E-state index in [1.807, 2.05) is 7.05 Å². The molecule has 13 heteroatoms. The van der Waals surface area contributed by atoms with Gasteiger partial charge in [-0.2, -0.15) is 18.2 Å². The van der Waals surface area contributed by atoms with Gasteiger partial charge in [-0.05, 0) is 58.1 Å². The van der Waals surface area contributed by atoms with Crippen molar-refractivity contribution in [3.05, 3.63) is 65.1 Å². The molecule has 0 unspecified atom stereocenters. The molecule has 0 aliphatic carbocycles. The van der Waals surface area contributed by atoms with Gasteiger partial charge in [0.15, 0.2) is 5.78 Å². The van der Waals surface area contributed by atoms with Gasteiger partial charge in [0.1, 0.15) is 22.9 Å². The van der Waals surface area contributed by atoms with Crippen molar-refractivity contribution in [2.24, 2.45) is 0 Å². The van der Waals surface area contributed by atoms with Crippen molar-refractivity contribution in [3.8, 4) is 17.4 Å². The number of nitrogens with zero attached hydrogens (tertiary/aromatic N) is 3. The summed E-state index contributed by atoms with van der Waals surface area (Å²) in [4.78, 5) is 34.4. The Hall–Kier alpha value is -4.26. The molecule has 0 atom stereocenters. The lowest BCUT2D eigenvalue weighted by Crippen LogP contribution is -2.43. The molecule has 4 rings (SSSR count). The molecule has 40 heavy (non-hydrogen) atoms. The van der Waals surface area contributed by atoms with Crippen LogP contribution in [-0.4, -0.2) is 59.8 Å². The zero-order valence-electron chi connectivity index (χ0n) is 21.9. The summed E-state index contributed by atoms with van der Waals surface area (Å²) in [5.41, 5.74) is -1.51. The number of Topliss-reactive ketones (excluding diaryl/α,β-unsaturated/α-hetero) is 1. The van der Waals surface area contributed by atoms with Gasteiger partial charge in [0.2, 0.25) is 11.8 Å². The van der Waals surface area contributed by atoms with E-state index in [9.17, 15) is 22.8 Å². The first kappa shape index (κ1) is 28.7. The number of methoxy groups -OCH3 is 1. The summed E-state index contributed by atoms with van der Waals surface area (Å²) >= 11 is 0. The molecule has 3 aromatic rings. The topological polar surface area (TPSA) is 106 Å². The molecular weight excluding hydrogens is 534 g/mol. The van der Waals surface area contributed by atoms with Gasteiger partial charge in [-0.1, -0.05) is 12.1 Å². The fourth-order valence-corrected chi connectivity index (χ4v) is 4.18. The van der Waals surface area contributed by atoms with E-state index in [1.165, 1.54) is 38.3 Å². The number of hydrogen-bond donors (Lipinski definition) is 2. The molecule has 0 radical (unpaired) electrons. The molecule has 1 aromatic heterocycles. The van der Waals surface area contributed by atoms with E-state index in [2.05, 4.69) is 25.5 Å². The number of likely N-dealkylation sites (tertiary alicyclic amines) is 1. The third kappa shape index (κ3) is 6.65. The maximum Gasteiger partial charge on any atom is 0.423 e. The number of nitrogens with one attached hydrogen (secondary N) is 2. The Morgan fingerprint density at radius 1 is 1.07 bits per heavy atom. The average Bonchev–Trinajstić information content (AvgIpc) is 2.90. The number of aromatic nitrogens is 2. The lowest BCUT2D eigenvalue weighted by molar-refractivity contribution is -0.139. The summed E-state index contributed by atoms with van der Waals surface area (Å²) in [5.74, 6) is -3.25. The molecule has 0 spiro atoms. The van der Waals surface area contributed by atoms with Gasteiger partial charge in [0.05, 0.1) is 23.9 Å². The van der Waals surface area contributed by atoms with E-state index >= 15 is 4.39 Å². The normalized spacial score (nSPS) is 14.5. The van der Waals surface area contributed by atoms with Gasteiger partial charge in [0, 0.05) is 18.3 Å². The van der Waals surface area contributed by atoms with Crippen molar-refractivity contribution in [1.29, 1.82) is 0 Å². The monoisotopic (exact) mass is 561 g/mol. The largest absolute Gasteiger partial charge is 0.495 e. The highest BCUT2D eigenvalue weighted by atomic mass is 19.4. The first-order valence-electron chi connectivity index (χ1n) is 12.3. The van der Waals surface area contributed by atoms with Crippen LogP contribution in [0.4, 0.5) is 29.2 Å². The summed E-state index contributed by atoms with van der Waals surface area (Å²) in [6.45, 7) is 2.86. The Bertz CT molecular complexity index is 1410. The zero-order chi connectivity index (χ0) is 29.0. The first-order valence-corrected chi connectivity index (χ1v) is 12.3. The molecule has 2 aromatic carbocycles. The van der Waals surface area contributed by atoms with Crippen molar-refractivity contribution < 1.29 is 36.6 Å². The molecule has 1 aliphatic rings.